The lowest BCUT2D eigenvalue weighted by molar-refractivity contribution is 0.260. The van der Waals surface area contributed by atoms with E-state index in [4.69, 9.17) is 0 Å². The van der Waals surface area contributed by atoms with Gasteiger partial charge in [0.1, 0.15) is 0 Å². The van der Waals surface area contributed by atoms with E-state index in [1.807, 2.05) is 25.5 Å². The first-order valence-electron chi connectivity index (χ1n) is 11.0. The van der Waals surface area contributed by atoms with Crippen molar-refractivity contribution in [1.82, 2.24) is 25.5 Å². The predicted molar refractivity (Wildman–Crippen MR) is 131 cm³/mol. The van der Waals surface area contributed by atoms with Crippen molar-refractivity contribution >= 4 is 35.9 Å². The third-order valence-electron chi connectivity index (χ3n) is 5.96. The van der Waals surface area contributed by atoms with Crippen LogP contribution in [0.3, 0.4) is 0 Å². The molecule has 0 unspecified atom stereocenters. The highest BCUT2D eigenvalue weighted by Gasteiger charge is 2.18. The summed E-state index contributed by atoms with van der Waals surface area (Å²) < 4.78 is 0. The summed E-state index contributed by atoms with van der Waals surface area (Å²) in [7, 11) is 1.85. The van der Waals surface area contributed by atoms with Crippen molar-refractivity contribution in [2.24, 2.45) is 10.9 Å². The Kier molecular flexibility index (Phi) is 11.6. The summed E-state index contributed by atoms with van der Waals surface area (Å²) in [4.78, 5) is 17.8. The SMILES string of the molecule is CN=C(NCCCCC1CCCC1)NCCN1CCN(c2ncccn2)CC1.I. The maximum absolute atomic E-state index is 4.35. The Morgan fingerprint density at radius 1 is 1.03 bits per heavy atom. The second kappa shape index (κ2) is 14.0. The molecule has 0 spiro atoms. The van der Waals surface area contributed by atoms with Crippen molar-refractivity contribution in [3.8, 4) is 0 Å². The Labute approximate surface area is 193 Å². The molecule has 0 radical (unpaired) electrons. The lowest BCUT2D eigenvalue weighted by Crippen LogP contribution is -2.49. The molecule has 1 saturated heterocycles. The van der Waals surface area contributed by atoms with Gasteiger partial charge in [0, 0.05) is 65.3 Å². The zero-order valence-electron chi connectivity index (χ0n) is 17.9. The molecule has 1 aliphatic carbocycles. The van der Waals surface area contributed by atoms with E-state index >= 15 is 0 Å². The molecular weight excluding hydrogens is 477 g/mol. The lowest BCUT2D eigenvalue weighted by atomic mass is 10.0. The third kappa shape index (κ3) is 8.62. The highest BCUT2D eigenvalue weighted by Crippen LogP contribution is 2.28. The second-order valence-corrected chi connectivity index (χ2v) is 7.95. The van der Waals surface area contributed by atoms with E-state index in [2.05, 4.69) is 35.4 Å². The van der Waals surface area contributed by atoms with Gasteiger partial charge in [0.25, 0.3) is 0 Å². The fraction of sp³-hybridized carbons (Fsp3) is 0.762. The van der Waals surface area contributed by atoms with Crippen LogP contribution < -0.4 is 15.5 Å². The summed E-state index contributed by atoms with van der Waals surface area (Å²) in [6.07, 6.45) is 13.4. The van der Waals surface area contributed by atoms with Crippen molar-refractivity contribution < 1.29 is 0 Å². The molecule has 7 nitrogen and oxygen atoms in total. The summed E-state index contributed by atoms with van der Waals surface area (Å²) in [5.41, 5.74) is 0. The molecular formula is C21H38IN7. The summed E-state index contributed by atoms with van der Waals surface area (Å²) in [6.45, 7) is 7.04. The van der Waals surface area contributed by atoms with Crippen molar-refractivity contribution in [1.29, 1.82) is 0 Å². The van der Waals surface area contributed by atoms with E-state index in [-0.39, 0.29) is 24.0 Å². The predicted octanol–water partition coefficient (Wildman–Crippen LogP) is 2.74. The molecule has 3 rings (SSSR count). The Morgan fingerprint density at radius 3 is 2.41 bits per heavy atom. The van der Waals surface area contributed by atoms with E-state index in [1.165, 1.54) is 44.9 Å². The number of unbranched alkanes of at least 4 members (excludes halogenated alkanes) is 1. The van der Waals surface area contributed by atoms with Crippen LogP contribution in [-0.2, 0) is 0 Å². The van der Waals surface area contributed by atoms with Crippen molar-refractivity contribution in [3.05, 3.63) is 18.5 Å². The fourth-order valence-corrected chi connectivity index (χ4v) is 4.24. The minimum atomic E-state index is 0. The smallest absolute Gasteiger partial charge is 0.225 e. The van der Waals surface area contributed by atoms with Crippen LogP contribution in [0.1, 0.15) is 44.9 Å². The van der Waals surface area contributed by atoms with Crippen molar-refractivity contribution in [3.63, 3.8) is 0 Å². The summed E-state index contributed by atoms with van der Waals surface area (Å²) in [6, 6.07) is 1.86. The van der Waals surface area contributed by atoms with Gasteiger partial charge in [-0.15, -0.1) is 24.0 Å². The number of guanidine groups is 1. The average molecular weight is 515 g/mol. The van der Waals surface area contributed by atoms with Gasteiger partial charge in [0.15, 0.2) is 5.96 Å². The molecule has 2 heterocycles. The Bertz CT molecular complexity index is 570. The second-order valence-electron chi connectivity index (χ2n) is 7.95. The lowest BCUT2D eigenvalue weighted by Gasteiger charge is -2.34. The number of hydrogen-bond acceptors (Lipinski definition) is 5. The Morgan fingerprint density at radius 2 is 1.72 bits per heavy atom. The van der Waals surface area contributed by atoms with Gasteiger partial charge < -0.3 is 15.5 Å². The Balaban J connectivity index is 0.00000300. The van der Waals surface area contributed by atoms with Crippen molar-refractivity contribution in [2.75, 3.05) is 57.8 Å². The van der Waals surface area contributed by atoms with Gasteiger partial charge >= 0.3 is 0 Å². The van der Waals surface area contributed by atoms with Gasteiger partial charge in [-0.2, -0.15) is 0 Å². The largest absolute Gasteiger partial charge is 0.356 e. The van der Waals surface area contributed by atoms with Gasteiger partial charge in [-0.05, 0) is 18.4 Å². The quantitative estimate of drug-likeness (QED) is 0.228. The first-order valence-corrected chi connectivity index (χ1v) is 11.0. The standard InChI is InChI=1S/C21H37N7.HI/c1-22-20(23-10-5-4-9-19-7-2-3-8-19)24-13-14-27-15-17-28(18-16-27)21-25-11-6-12-26-21;/h6,11-12,19H,2-5,7-10,13-18H2,1H3,(H2,22,23,24);1H. The molecule has 164 valence electrons. The zero-order chi connectivity index (χ0) is 19.4. The average Bonchev–Trinajstić information content (AvgIpc) is 3.27. The highest BCUT2D eigenvalue weighted by atomic mass is 127. The van der Waals surface area contributed by atoms with Crippen LogP contribution in [0.15, 0.2) is 23.5 Å². The number of hydrogen-bond donors (Lipinski definition) is 2. The van der Waals surface area contributed by atoms with E-state index in [0.29, 0.717) is 0 Å². The topological polar surface area (TPSA) is 68.7 Å². The normalized spacial score (nSPS) is 18.5. The molecule has 0 amide bonds. The molecule has 8 heteroatoms. The molecule has 0 bridgehead atoms. The van der Waals surface area contributed by atoms with Crippen LogP contribution in [-0.4, -0.2) is 73.7 Å². The fourth-order valence-electron chi connectivity index (χ4n) is 4.24. The first-order chi connectivity index (χ1) is 13.8. The molecule has 2 aliphatic rings. The van der Waals surface area contributed by atoms with Crippen molar-refractivity contribution in [2.45, 2.75) is 44.9 Å². The minimum Gasteiger partial charge on any atom is -0.356 e. The van der Waals surface area contributed by atoms with Gasteiger partial charge in [0.2, 0.25) is 5.95 Å². The number of piperazine rings is 1. The maximum Gasteiger partial charge on any atom is 0.225 e. The number of aliphatic imine (C=N–C) groups is 1. The Hall–Kier alpha value is -1.16. The molecule has 1 saturated carbocycles. The van der Waals surface area contributed by atoms with E-state index in [1.54, 1.807) is 0 Å². The first kappa shape index (κ1) is 24.1. The summed E-state index contributed by atoms with van der Waals surface area (Å²) >= 11 is 0. The minimum absolute atomic E-state index is 0. The van der Waals surface area contributed by atoms with Crippen LogP contribution in [0.4, 0.5) is 5.95 Å². The third-order valence-corrected chi connectivity index (χ3v) is 5.96. The molecule has 1 aliphatic heterocycles. The van der Waals surface area contributed by atoms with Crippen LogP contribution in [0.25, 0.3) is 0 Å². The van der Waals surface area contributed by atoms with Crippen LogP contribution in [0, 0.1) is 5.92 Å². The van der Waals surface area contributed by atoms with E-state index in [9.17, 15) is 0 Å². The number of rotatable bonds is 9. The molecule has 2 N–H and O–H groups in total. The van der Waals surface area contributed by atoms with Crippen LogP contribution >= 0.6 is 24.0 Å². The molecule has 1 aromatic rings. The van der Waals surface area contributed by atoms with Gasteiger partial charge in [-0.3, -0.25) is 9.89 Å². The number of anilines is 1. The number of aromatic nitrogens is 2. The molecule has 0 aromatic carbocycles. The van der Waals surface area contributed by atoms with Gasteiger partial charge in [-0.1, -0.05) is 38.5 Å². The molecule has 29 heavy (non-hydrogen) atoms. The monoisotopic (exact) mass is 515 g/mol. The van der Waals surface area contributed by atoms with Gasteiger partial charge in [-0.25, -0.2) is 9.97 Å². The van der Waals surface area contributed by atoms with Crippen LogP contribution in [0.5, 0.6) is 0 Å². The zero-order valence-corrected chi connectivity index (χ0v) is 20.2. The molecule has 2 fully saturated rings. The number of halogens is 1. The van der Waals surface area contributed by atoms with Crippen LogP contribution in [0.2, 0.25) is 0 Å². The molecule has 1 aromatic heterocycles. The number of nitrogens with zero attached hydrogens (tertiary/aromatic N) is 5. The molecule has 0 atom stereocenters. The van der Waals surface area contributed by atoms with E-state index < -0.39 is 0 Å². The summed E-state index contributed by atoms with van der Waals surface area (Å²) in [5, 5.41) is 6.91. The van der Waals surface area contributed by atoms with E-state index in [0.717, 1.165) is 63.6 Å². The summed E-state index contributed by atoms with van der Waals surface area (Å²) in [5.74, 6) is 2.78. The maximum atomic E-state index is 4.35. The van der Waals surface area contributed by atoms with Gasteiger partial charge in [0.05, 0.1) is 0 Å². The number of nitrogens with one attached hydrogen (secondary N) is 2. The highest BCUT2D eigenvalue weighted by molar-refractivity contribution is 14.0.